The predicted octanol–water partition coefficient (Wildman–Crippen LogP) is 5.37. The molecule has 42 heavy (non-hydrogen) atoms. The van der Waals surface area contributed by atoms with Gasteiger partial charge < -0.3 is 10.0 Å². The lowest BCUT2D eigenvalue weighted by atomic mass is 9.90. The van der Waals surface area contributed by atoms with Gasteiger partial charge in [0.05, 0.1) is 10.8 Å². The summed E-state index contributed by atoms with van der Waals surface area (Å²) in [5.74, 6) is -3.65. The van der Waals surface area contributed by atoms with Crippen molar-refractivity contribution in [2.75, 3.05) is 13.1 Å². The van der Waals surface area contributed by atoms with Crippen molar-refractivity contribution in [2.24, 2.45) is 23.7 Å². The van der Waals surface area contributed by atoms with Crippen LogP contribution in [0.4, 0.5) is 35.1 Å². The molecule has 1 amide bonds. The van der Waals surface area contributed by atoms with Crippen LogP contribution in [-0.4, -0.2) is 55.7 Å². The molecule has 3 aliphatic rings. The fourth-order valence-corrected chi connectivity index (χ4v) is 8.66. The Labute approximate surface area is 234 Å². The Morgan fingerprint density at radius 1 is 0.857 bits per heavy atom. The Bertz CT molecular complexity index is 1480. The molecule has 1 aliphatic heterocycles. The lowest BCUT2D eigenvalue weighted by Gasteiger charge is -2.33. The van der Waals surface area contributed by atoms with E-state index in [0.717, 1.165) is 24.3 Å². The molecule has 5 rings (SSSR count). The number of rotatable bonds is 6. The largest absolute Gasteiger partial charge is 0.481 e. The number of aliphatic carboxylic acids is 1. The summed E-state index contributed by atoms with van der Waals surface area (Å²) < 4.78 is 134. The van der Waals surface area contributed by atoms with E-state index >= 15 is 0 Å². The number of alkyl halides is 7. The summed E-state index contributed by atoms with van der Waals surface area (Å²) in [5, 5.41) is 9.23. The second kappa shape index (κ2) is 9.64. The average Bonchev–Trinajstić information content (AvgIpc) is 3.22. The number of fused-ring (bicyclic) bond motifs is 1. The maximum absolute atomic E-state index is 14.6. The molecule has 0 radical (unpaired) electrons. The van der Waals surface area contributed by atoms with Gasteiger partial charge in [0.15, 0.2) is 9.84 Å². The molecule has 2 aromatic carbocycles. The summed E-state index contributed by atoms with van der Waals surface area (Å²) in [4.78, 5) is 25.5. The molecule has 3 fully saturated rings. The van der Waals surface area contributed by atoms with Crippen LogP contribution in [0.2, 0.25) is 0 Å². The van der Waals surface area contributed by atoms with Crippen molar-refractivity contribution >= 4 is 21.7 Å². The molecular formula is C27H23F8NO5S. The number of sulfone groups is 1. The van der Waals surface area contributed by atoms with E-state index in [1.165, 1.54) is 4.90 Å². The van der Waals surface area contributed by atoms with Gasteiger partial charge in [-0.2, -0.15) is 26.3 Å². The molecule has 1 saturated heterocycles. The van der Waals surface area contributed by atoms with Crippen LogP contribution < -0.4 is 0 Å². The Morgan fingerprint density at radius 3 is 1.86 bits per heavy atom. The van der Waals surface area contributed by atoms with Gasteiger partial charge in [-0.3, -0.25) is 9.59 Å². The van der Waals surface area contributed by atoms with Crippen molar-refractivity contribution < 1.29 is 58.2 Å². The third-order valence-corrected chi connectivity index (χ3v) is 11.3. The Hall–Kier alpha value is -3.23. The van der Waals surface area contributed by atoms with Gasteiger partial charge in [0, 0.05) is 24.6 Å². The zero-order chi connectivity index (χ0) is 31.0. The molecule has 5 atom stereocenters. The van der Waals surface area contributed by atoms with E-state index in [1.807, 2.05) is 0 Å². The van der Waals surface area contributed by atoms with E-state index in [2.05, 4.69) is 0 Å². The van der Waals surface area contributed by atoms with E-state index in [9.17, 15) is 58.2 Å². The smallest absolute Gasteiger partial charge is 0.435 e. The van der Waals surface area contributed by atoms with Crippen LogP contribution in [-0.2, 0) is 29.8 Å². The molecule has 0 spiro atoms. The molecule has 0 aromatic heterocycles. The maximum atomic E-state index is 14.6. The molecule has 0 bridgehead atoms. The molecule has 1 unspecified atom stereocenters. The average molecular weight is 626 g/mol. The number of carboxylic acid groups (broad SMARTS) is 1. The summed E-state index contributed by atoms with van der Waals surface area (Å²) >= 11 is 0. The fourth-order valence-electron chi connectivity index (χ4n) is 6.58. The topological polar surface area (TPSA) is 91.8 Å². The first-order valence-corrected chi connectivity index (χ1v) is 14.3. The van der Waals surface area contributed by atoms with Crippen LogP contribution in [0.15, 0.2) is 53.4 Å². The van der Waals surface area contributed by atoms with E-state index in [1.54, 1.807) is 0 Å². The molecular weight excluding hydrogens is 602 g/mol. The van der Waals surface area contributed by atoms with Gasteiger partial charge in [0.1, 0.15) is 10.6 Å². The number of benzene rings is 2. The summed E-state index contributed by atoms with van der Waals surface area (Å²) in [5.41, 5.74) is -7.81. The van der Waals surface area contributed by atoms with Crippen LogP contribution in [0, 0.1) is 29.5 Å². The molecule has 228 valence electrons. The summed E-state index contributed by atoms with van der Waals surface area (Å²) in [6.45, 7) is -0.675. The van der Waals surface area contributed by atoms with Crippen molar-refractivity contribution in [3.8, 4) is 0 Å². The number of carbonyl (C=O) groups excluding carboxylic acids is 1. The van der Waals surface area contributed by atoms with Crippen LogP contribution in [0.3, 0.4) is 0 Å². The van der Waals surface area contributed by atoms with Gasteiger partial charge >= 0.3 is 24.0 Å². The number of carboxylic acids is 1. The van der Waals surface area contributed by atoms with Gasteiger partial charge in [0.2, 0.25) is 5.91 Å². The first-order chi connectivity index (χ1) is 19.3. The van der Waals surface area contributed by atoms with Gasteiger partial charge in [-0.25, -0.2) is 17.2 Å². The van der Waals surface area contributed by atoms with E-state index in [0.29, 0.717) is 12.1 Å². The van der Waals surface area contributed by atoms with E-state index < -0.39 is 79.1 Å². The molecule has 1 N–H and O–H groups in total. The minimum atomic E-state index is -6.37. The highest BCUT2D eigenvalue weighted by atomic mass is 32.2. The molecule has 6 nitrogen and oxygen atoms in total. The SMILES string of the molecule is O=C(O)[C@@H]1C2C[C@@H](C(=O)N3CC[C@](c4ccc(C(F)(C(F)(F)F)C(F)(F)F)cc4)(S(=O)(=O)c4ccc(F)cc4)C3)C[C@@H]21. The van der Waals surface area contributed by atoms with Gasteiger partial charge in [0.25, 0.3) is 0 Å². The molecule has 15 heteroatoms. The predicted molar refractivity (Wildman–Crippen MR) is 129 cm³/mol. The van der Waals surface area contributed by atoms with Crippen LogP contribution >= 0.6 is 0 Å². The monoisotopic (exact) mass is 625 g/mol. The molecule has 1 heterocycles. The summed E-state index contributed by atoms with van der Waals surface area (Å²) in [7, 11) is -4.56. The number of likely N-dealkylation sites (tertiary alicyclic amines) is 1. The number of nitrogens with zero attached hydrogens (tertiary/aromatic N) is 1. The van der Waals surface area contributed by atoms with E-state index in [-0.39, 0.29) is 55.3 Å². The van der Waals surface area contributed by atoms with Crippen molar-refractivity contribution in [2.45, 2.75) is 46.9 Å². The zero-order valence-electron chi connectivity index (χ0n) is 21.4. The fraction of sp³-hybridized carbons (Fsp3) is 0.481. The highest BCUT2D eigenvalue weighted by molar-refractivity contribution is 7.92. The second-order valence-electron chi connectivity index (χ2n) is 11.1. The third kappa shape index (κ3) is 4.45. The normalized spacial score (nSPS) is 28.0. The lowest BCUT2D eigenvalue weighted by Crippen LogP contribution is -2.50. The molecule has 2 saturated carbocycles. The van der Waals surface area contributed by atoms with Crippen LogP contribution in [0.25, 0.3) is 0 Å². The maximum Gasteiger partial charge on any atom is 0.435 e. The molecule has 2 aliphatic carbocycles. The van der Waals surface area contributed by atoms with Crippen molar-refractivity contribution in [1.29, 1.82) is 0 Å². The van der Waals surface area contributed by atoms with Crippen molar-refractivity contribution in [3.63, 3.8) is 0 Å². The first kappa shape index (κ1) is 30.2. The minimum Gasteiger partial charge on any atom is -0.481 e. The van der Waals surface area contributed by atoms with Crippen molar-refractivity contribution in [1.82, 2.24) is 4.90 Å². The number of halogens is 8. The van der Waals surface area contributed by atoms with Crippen LogP contribution in [0.1, 0.15) is 30.4 Å². The van der Waals surface area contributed by atoms with Gasteiger partial charge in [-0.1, -0.05) is 24.3 Å². The highest BCUT2D eigenvalue weighted by Crippen LogP contribution is 2.60. The summed E-state index contributed by atoms with van der Waals surface area (Å²) in [6.07, 6.45) is -12.5. The van der Waals surface area contributed by atoms with Gasteiger partial charge in [-0.05, 0) is 60.9 Å². The first-order valence-electron chi connectivity index (χ1n) is 12.8. The number of amides is 1. The van der Waals surface area contributed by atoms with E-state index in [4.69, 9.17) is 0 Å². The standard InChI is InChI=1S/C27H23F8NO5S/c28-17-5-7-18(8-6-17)42(40,41)24(15-1-3-16(4-2-15)25(29,26(30,31)32)27(33,34)35)9-10-36(13-24)22(37)14-11-19-20(12-14)21(19)23(38)39/h1-8,14,19-21H,9-13H2,(H,38,39)/t14-,19-,20?,21-,24-/m0/s1. The Morgan fingerprint density at radius 2 is 1.38 bits per heavy atom. The van der Waals surface area contributed by atoms with Crippen LogP contribution in [0.5, 0.6) is 0 Å². The van der Waals surface area contributed by atoms with Crippen molar-refractivity contribution in [3.05, 3.63) is 65.5 Å². The number of carbonyl (C=O) groups is 2. The third-order valence-electron chi connectivity index (χ3n) is 8.85. The molecule has 2 aromatic rings. The Balaban J connectivity index is 1.51. The van der Waals surface area contributed by atoms with Gasteiger partial charge in [-0.15, -0.1) is 0 Å². The second-order valence-corrected chi connectivity index (χ2v) is 13.3. The minimum absolute atomic E-state index is 0.145. The lowest BCUT2D eigenvalue weighted by molar-refractivity contribution is -0.348. The zero-order valence-corrected chi connectivity index (χ0v) is 22.2. The summed E-state index contributed by atoms with van der Waals surface area (Å²) in [6, 6.07) is 5.38. The number of hydrogen-bond donors (Lipinski definition) is 1. The Kier molecular flexibility index (Phi) is 6.94. The number of hydrogen-bond acceptors (Lipinski definition) is 4. The highest BCUT2D eigenvalue weighted by Gasteiger charge is 2.73. The quantitative estimate of drug-likeness (QED) is 0.344.